The van der Waals surface area contributed by atoms with E-state index < -0.39 is 9.84 Å². The van der Waals surface area contributed by atoms with Gasteiger partial charge in [0.05, 0.1) is 27.2 Å². The summed E-state index contributed by atoms with van der Waals surface area (Å²) in [6.45, 7) is 2.23. The molecule has 1 heterocycles. The third kappa shape index (κ3) is 3.81. The average molecular weight is 351 g/mol. The Hall–Kier alpha value is -0.980. The number of carbonyl (C=O) groups is 1. The van der Waals surface area contributed by atoms with Crippen molar-refractivity contribution in [3.63, 3.8) is 0 Å². The van der Waals surface area contributed by atoms with Gasteiger partial charge in [-0.25, -0.2) is 13.2 Å². The minimum absolute atomic E-state index is 0.0114. The van der Waals surface area contributed by atoms with Crippen molar-refractivity contribution in [2.45, 2.75) is 19.4 Å². The Morgan fingerprint density at radius 3 is 2.71 bits per heavy atom. The lowest BCUT2D eigenvalue weighted by Gasteiger charge is -2.27. The molecule has 0 radical (unpaired) electrons. The third-order valence-electron chi connectivity index (χ3n) is 3.44. The highest BCUT2D eigenvalue weighted by molar-refractivity contribution is 7.91. The molecule has 1 unspecified atom stereocenters. The monoisotopic (exact) mass is 350 g/mol. The van der Waals surface area contributed by atoms with Crippen LogP contribution in [0.15, 0.2) is 18.2 Å². The van der Waals surface area contributed by atoms with E-state index in [2.05, 4.69) is 5.32 Å². The highest BCUT2D eigenvalue weighted by atomic mass is 35.5. The zero-order valence-electron chi connectivity index (χ0n) is 11.5. The van der Waals surface area contributed by atoms with Gasteiger partial charge in [0.1, 0.15) is 0 Å². The van der Waals surface area contributed by atoms with Crippen molar-refractivity contribution < 1.29 is 13.2 Å². The Morgan fingerprint density at radius 1 is 1.43 bits per heavy atom. The Morgan fingerprint density at radius 2 is 2.14 bits per heavy atom. The lowest BCUT2D eigenvalue weighted by atomic mass is 10.2. The second kappa shape index (κ2) is 6.42. The van der Waals surface area contributed by atoms with E-state index in [1.54, 1.807) is 18.2 Å². The molecule has 5 nitrogen and oxygen atoms in total. The fourth-order valence-electron chi connectivity index (χ4n) is 2.38. The molecule has 1 aliphatic rings. The zero-order valence-corrected chi connectivity index (χ0v) is 13.8. The number of anilines is 1. The van der Waals surface area contributed by atoms with E-state index in [4.69, 9.17) is 23.2 Å². The molecule has 8 heteroatoms. The minimum Gasteiger partial charge on any atom is -0.321 e. The van der Waals surface area contributed by atoms with Crippen molar-refractivity contribution in [3.8, 4) is 0 Å². The topological polar surface area (TPSA) is 66.5 Å². The number of hydrogen-bond acceptors (Lipinski definition) is 3. The van der Waals surface area contributed by atoms with Crippen LogP contribution in [-0.2, 0) is 9.84 Å². The van der Waals surface area contributed by atoms with Crippen molar-refractivity contribution >= 4 is 44.8 Å². The van der Waals surface area contributed by atoms with Gasteiger partial charge >= 0.3 is 6.03 Å². The summed E-state index contributed by atoms with van der Waals surface area (Å²) < 4.78 is 23.1. The summed E-state index contributed by atoms with van der Waals surface area (Å²) in [7, 11) is -3.04. The lowest BCUT2D eigenvalue weighted by Crippen LogP contribution is -2.43. The van der Waals surface area contributed by atoms with Gasteiger partial charge < -0.3 is 10.2 Å². The van der Waals surface area contributed by atoms with Gasteiger partial charge in [-0.3, -0.25) is 0 Å². The molecule has 0 bridgehead atoms. The van der Waals surface area contributed by atoms with Crippen LogP contribution in [0, 0.1) is 0 Å². The van der Waals surface area contributed by atoms with Crippen LogP contribution >= 0.6 is 23.2 Å². The number of sulfone groups is 1. The number of hydrogen-bond donors (Lipinski definition) is 1. The molecule has 21 heavy (non-hydrogen) atoms. The van der Waals surface area contributed by atoms with Crippen LogP contribution in [0.25, 0.3) is 0 Å². The van der Waals surface area contributed by atoms with E-state index in [0.717, 1.165) is 0 Å². The summed E-state index contributed by atoms with van der Waals surface area (Å²) in [5, 5.41) is 3.30. The maximum absolute atomic E-state index is 12.3. The Kier molecular flexibility index (Phi) is 5.01. The fraction of sp³-hybridized carbons (Fsp3) is 0.462. The van der Waals surface area contributed by atoms with Gasteiger partial charge in [0, 0.05) is 12.6 Å². The van der Waals surface area contributed by atoms with Crippen molar-refractivity contribution in [1.29, 1.82) is 0 Å². The molecule has 1 atom stereocenters. The van der Waals surface area contributed by atoms with E-state index >= 15 is 0 Å². The molecule has 2 amide bonds. The van der Waals surface area contributed by atoms with Gasteiger partial charge in [0.15, 0.2) is 9.84 Å². The Balaban J connectivity index is 2.12. The predicted molar refractivity (Wildman–Crippen MR) is 84.9 cm³/mol. The first-order valence-electron chi connectivity index (χ1n) is 6.56. The van der Waals surface area contributed by atoms with E-state index in [0.29, 0.717) is 23.7 Å². The number of benzene rings is 1. The molecule has 0 aliphatic carbocycles. The number of rotatable bonds is 3. The van der Waals surface area contributed by atoms with Crippen molar-refractivity contribution in [3.05, 3.63) is 28.2 Å². The van der Waals surface area contributed by atoms with Crippen LogP contribution in [0.1, 0.15) is 13.3 Å². The summed E-state index contributed by atoms with van der Waals surface area (Å²) in [6, 6.07) is 4.29. The molecule has 1 N–H and O–H groups in total. The molecule has 0 aromatic heterocycles. The number of nitrogens with one attached hydrogen (secondary N) is 1. The molecule has 0 spiro atoms. The van der Waals surface area contributed by atoms with Crippen molar-refractivity contribution in [1.82, 2.24) is 4.90 Å². The van der Waals surface area contributed by atoms with E-state index in [-0.39, 0.29) is 28.6 Å². The van der Waals surface area contributed by atoms with Gasteiger partial charge in [0.2, 0.25) is 0 Å². The van der Waals surface area contributed by atoms with Gasteiger partial charge in [-0.2, -0.15) is 0 Å². The SMILES string of the molecule is CCN(C(=O)Nc1cccc(Cl)c1Cl)C1CCS(=O)(=O)C1. The highest BCUT2D eigenvalue weighted by Crippen LogP contribution is 2.30. The van der Waals surface area contributed by atoms with Gasteiger partial charge in [-0.1, -0.05) is 29.3 Å². The molecule has 1 fully saturated rings. The standard InChI is InChI=1S/C13H16Cl2N2O3S/c1-2-17(9-6-7-21(19,20)8-9)13(18)16-11-5-3-4-10(14)12(11)15/h3-5,9H,2,6-8H2,1H3,(H,16,18). The van der Waals surface area contributed by atoms with Crippen LogP contribution in [-0.4, -0.2) is 43.4 Å². The summed E-state index contributed by atoms with van der Waals surface area (Å²) in [6.07, 6.45) is 0.465. The van der Waals surface area contributed by atoms with Crippen LogP contribution in [0.2, 0.25) is 10.0 Å². The second-order valence-electron chi connectivity index (χ2n) is 4.87. The molecule has 1 saturated heterocycles. The molecule has 116 valence electrons. The first kappa shape index (κ1) is 16.4. The third-order valence-corrected chi connectivity index (χ3v) is 6.01. The maximum atomic E-state index is 12.3. The zero-order chi connectivity index (χ0) is 15.6. The number of amides is 2. The largest absolute Gasteiger partial charge is 0.322 e. The maximum Gasteiger partial charge on any atom is 0.322 e. The molecule has 1 aromatic carbocycles. The normalized spacial score (nSPS) is 20.2. The average Bonchev–Trinajstić information content (AvgIpc) is 2.76. The molecule has 1 aromatic rings. The van der Waals surface area contributed by atoms with Crippen LogP contribution in [0.3, 0.4) is 0 Å². The van der Waals surface area contributed by atoms with Crippen molar-refractivity contribution in [2.75, 3.05) is 23.4 Å². The number of halogens is 2. The quantitative estimate of drug-likeness (QED) is 0.910. The van der Waals surface area contributed by atoms with E-state index in [1.165, 1.54) is 4.90 Å². The van der Waals surface area contributed by atoms with Gasteiger partial charge in [0.25, 0.3) is 0 Å². The first-order valence-corrected chi connectivity index (χ1v) is 9.14. The first-order chi connectivity index (χ1) is 9.84. The Bertz CT molecular complexity index is 649. The van der Waals surface area contributed by atoms with Gasteiger partial charge in [-0.15, -0.1) is 0 Å². The number of nitrogens with zero attached hydrogens (tertiary/aromatic N) is 1. The van der Waals surface area contributed by atoms with Crippen molar-refractivity contribution in [2.24, 2.45) is 0 Å². The molecule has 1 aliphatic heterocycles. The number of carbonyl (C=O) groups excluding carboxylic acids is 1. The number of urea groups is 1. The second-order valence-corrected chi connectivity index (χ2v) is 7.89. The predicted octanol–water partition coefficient (Wildman–Crippen LogP) is 3.03. The molecule has 0 saturated carbocycles. The van der Waals surface area contributed by atoms with Crippen LogP contribution in [0.5, 0.6) is 0 Å². The van der Waals surface area contributed by atoms with Crippen LogP contribution in [0.4, 0.5) is 10.5 Å². The van der Waals surface area contributed by atoms with E-state index in [9.17, 15) is 13.2 Å². The minimum atomic E-state index is -3.04. The summed E-state index contributed by atoms with van der Waals surface area (Å²) >= 11 is 11.9. The molecular formula is C13H16Cl2N2O3S. The molecular weight excluding hydrogens is 335 g/mol. The summed E-state index contributed by atoms with van der Waals surface area (Å²) in [4.78, 5) is 13.8. The smallest absolute Gasteiger partial charge is 0.321 e. The Labute approximate surface area is 134 Å². The molecule has 2 rings (SSSR count). The summed E-state index contributed by atoms with van der Waals surface area (Å²) in [5.74, 6) is 0.136. The van der Waals surface area contributed by atoms with Crippen LogP contribution < -0.4 is 5.32 Å². The summed E-state index contributed by atoms with van der Waals surface area (Å²) in [5.41, 5.74) is 0.411. The highest BCUT2D eigenvalue weighted by Gasteiger charge is 2.34. The van der Waals surface area contributed by atoms with E-state index in [1.807, 2.05) is 6.92 Å². The van der Waals surface area contributed by atoms with Gasteiger partial charge in [-0.05, 0) is 25.5 Å². The lowest BCUT2D eigenvalue weighted by molar-refractivity contribution is 0.197. The fourth-order valence-corrected chi connectivity index (χ4v) is 4.45.